The zero-order valence-corrected chi connectivity index (χ0v) is 20.4. The van der Waals surface area contributed by atoms with Crippen LogP contribution >= 0.6 is 11.8 Å². The van der Waals surface area contributed by atoms with Gasteiger partial charge in [-0.1, -0.05) is 11.8 Å². The van der Waals surface area contributed by atoms with Gasteiger partial charge in [0.15, 0.2) is 11.6 Å². The van der Waals surface area contributed by atoms with Gasteiger partial charge in [0.1, 0.15) is 23.2 Å². The zero-order valence-electron chi connectivity index (χ0n) is 19.6. The van der Waals surface area contributed by atoms with Gasteiger partial charge in [0.05, 0.1) is 30.3 Å². The molecule has 3 aliphatic rings. The number of aliphatic hydroxyl groups is 1. The van der Waals surface area contributed by atoms with Crippen LogP contribution in [0.25, 0.3) is 0 Å². The summed E-state index contributed by atoms with van der Waals surface area (Å²) < 4.78 is 19.4. The maximum Gasteiger partial charge on any atom is 0.158 e. The van der Waals surface area contributed by atoms with Crippen molar-refractivity contribution in [2.75, 3.05) is 48.4 Å². The van der Waals surface area contributed by atoms with Crippen LogP contribution in [0.4, 0.5) is 21.8 Å². The Hall–Kier alpha value is -2.17. The molecule has 0 saturated carbocycles. The Bertz CT molecular complexity index is 1020. The predicted octanol–water partition coefficient (Wildman–Crippen LogP) is 3.43. The third-order valence-electron chi connectivity index (χ3n) is 7.39. The number of hydrogen-bond donors (Lipinski definition) is 2. The fourth-order valence-corrected chi connectivity index (χ4v) is 6.46. The van der Waals surface area contributed by atoms with E-state index in [1.807, 2.05) is 17.0 Å². The Kier molecular flexibility index (Phi) is 6.81. The number of alkyl halides is 1. The smallest absolute Gasteiger partial charge is 0.158 e. The monoisotopic (exact) mass is 488 g/mol. The second-order valence-corrected chi connectivity index (χ2v) is 10.8. The third kappa shape index (κ3) is 4.55. The van der Waals surface area contributed by atoms with E-state index in [0.29, 0.717) is 28.5 Å². The number of anilines is 3. The van der Waals surface area contributed by atoms with Crippen molar-refractivity contribution in [3.8, 4) is 0 Å². The number of nitrogens with zero attached hydrogens (tertiary/aromatic N) is 5. The molecule has 34 heavy (non-hydrogen) atoms. The first-order valence-electron chi connectivity index (χ1n) is 12.1. The van der Waals surface area contributed by atoms with Crippen LogP contribution in [-0.2, 0) is 11.3 Å². The highest BCUT2D eigenvalue weighted by atomic mass is 32.2. The molecule has 3 fully saturated rings. The van der Waals surface area contributed by atoms with E-state index in [9.17, 15) is 9.50 Å². The summed E-state index contributed by atoms with van der Waals surface area (Å²) in [5.41, 5.74) is 7.16. The number of halogens is 1. The largest absolute Gasteiger partial charge is 0.390 e. The molecule has 0 aliphatic carbocycles. The highest BCUT2D eigenvalue weighted by Crippen LogP contribution is 2.43. The molecule has 0 amide bonds. The lowest BCUT2D eigenvalue weighted by atomic mass is 9.77. The van der Waals surface area contributed by atoms with E-state index in [2.05, 4.69) is 21.8 Å². The molecule has 2 atom stereocenters. The molecule has 5 heterocycles. The summed E-state index contributed by atoms with van der Waals surface area (Å²) in [5, 5.41) is 10.6. The molecule has 0 aromatic carbocycles. The SMILES string of the molecule is C[C@H]1CC2(CCN(c3nc(N)c(Sc4cccnc4N4CCCC4CF)nc3CO)CC2)CO1. The standard InChI is InChI=1S/C24H33FN6O2S/c1-16-12-24(15-33-16)6-10-30(11-7-24)21-18(14-32)28-23(20(26)29-21)34-19-5-2-8-27-22(19)31-9-3-4-17(31)13-25/h2,5,8,16-17,32H,3-4,6-7,9-15H2,1H3,(H2,26,29)/t16-,17?/m0/s1. The summed E-state index contributed by atoms with van der Waals surface area (Å²) in [6.07, 6.45) is 6.99. The molecule has 8 nitrogen and oxygen atoms in total. The van der Waals surface area contributed by atoms with Gasteiger partial charge in [0.25, 0.3) is 0 Å². The summed E-state index contributed by atoms with van der Waals surface area (Å²) >= 11 is 1.37. The van der Waals surface area contributed by atoms with Gasteiger partial charge in [-0.2, -0.15) is 0 Å². The maximum absolute atomic E-state index is 13.5. The van der Waals surface area contributed by atoms with E-state index in [-0.39, 0.29) is 18.1 Å². The van der Waals surface area contributed by atoms with Crippen LogP contribution in [0.15, 0.2) is 28.3 Å². The highest BCUT2D eigenvalue weighted by Gasteiger charge is 2.41. The van der Waals surface area contributed by atoms with Crippen LogP contribution in [0.2, 0.25) is 0 Å². The molecule has 0 bridgehead atoms. The average molecular weight is 489 g/mol. The number of rotatable bonds is 6. The van der Waals surface area contributed by atoms with Gasteiger partial charge in [-0.3, -0.25) is 0 Å². The molecule has 3 saturated heterocycles. The van der Waals surface area contributed by atoms with E-state index >= 15 is 0 Å². The van der Waals surface area contributed by atoms with Crippen molar-refractivity contribution in [3.63, 3.8) is 0 Å². The number of ether oxygens (including phenoxy) is 1. The minimum absolute atomic E-state index is 0.149. The van der Waals surface area contributed by atoms with Gasteiger partial charge in [0.2, 0.25) is 0 Å². The highest BCUT2D eigenvalue weighted by molar-refractivity contribution is 7.99. The van der Waals surface area contributed by atoms with E-state index in [1.165, 1.54) is 11.8 Å². The fraction of sp³-hybridized carbons (Fsp3) is 0.625. The summed E-state index contributed by atoms with van der Waals surface area (Å²) in [6, 6.07) is 3.65. The molecular weight excluding hydrogens is 455 g/mol. The Labute approximate surface area is 204 Å². The van der Waals surface area contributed by atoms with Gasteiger partial charge in [-0.25, -0.2) is 19.3 Å². The van der Waals surface area contributed by atoms with Crippen LogP contribution in [0.5, 0.6) is 0 Å². The number of nitrogen functional groups attached to an aromatic ring is 1. The van der Waals surface area contributed by atoms with E-state index in [4.69, 9.17) is 15.5 Å². The van der Waals surface area contributed by atoms with Crippen molar-refractivity contribution in [3.05, 3.63) is 24.0 Å². The van der Waals surface area contributed by atoms with Crippen LogP contribution < -0.4 is 15.5 Å². The number of nitrogens with two attached hydrogens (primary N) is 1. The van der Waals surface area contributed by atoms with E-state index in [1.54, 1.807) is 6.20 Å². The third-order valence-corrected chi connectivity index (χ3v) is 8.43. The molecule has 10 heteroatoms. The minimum Gasteiger partial charge on any atom is -0.390 e. The second-order valence-electron chi connectivity index (χ2n) is 9.73. The van der Waals surface area contributed by atoms with Gasteiger partial charge in [-0.05, 0) is 56.6 Å². The van der Waals surface area contributed by atoms with E-state index in [0.717, 1.165) is 69.1 Å². The Morgan fingerprint density at radius 2 is 2.09 bits per heavy atom. The summed E-state index contributed by atoms with van der Waals surface area (Å²) in [6.45, 7) is 4.82. The molecule has 2 aromatic rings. The molecule has 5 rings (SSSR count). The first-order valence-corrected chi connectivity index (χ1v) is 12.9. The molecule has 2 aromatic heterocycles. The molecule has 1 spiro atoms. The summed E-state index contributed by atoms with van der Waals surface area (Å²) in [5.74, 6) is 1.74. The molecule has 0 radical (unpaired) electrons. The van der Waals surface area contributed by atoms with Crippen molar-refractivity contribution in [2.24, 2.45) is 5.41 Å². The van der Waals surface area contributed by atoms with Crippen LogP contribution in [0.1, 0.15) is 44.7 Å². The van der Waals surface area contributed by atoms with Crippen LogP contribution in [0, 0.1) is 5.41 Å². The van der Waals surface area contributed by atoms with Gasteiger partial charge < -0.3 is 25.4 Å². The van der Waals surface area contributed by atoms with Crippen molar-refractivity contribution in [1.29, 1.82) is 0 Å². The number of aliphatic hydroxyl groups excluding tert-OH is 1. The van der Waals surface area contributed by atoms with E-state index < -0.39 is 6.67 Å². The second kappa shape index (κ2) is 9.83. The average Bonchev–Trinajstić information content (AvgIpc) is 3.47. The minimum atomic E-state index is -0.395. The predicted molar refractivity (Wildman–Crippen MR) is 131 cm³/mol. The van der Waals surface area contributed by atoms with Crippen molar-refractivity contribution < 1.29 is 14.2 Å². The fourth-order valence-electron chi connectivity index (χ4n) is 5.54. The molecule has 3 aliphatic heterocycles. The van der Waals surface area contributed by atoms with Crippen LogP contribution in [0.3, 0.4) is 0 Å². The lowest BCUT2D eigenvalue weighted by Gasteiger charge is -2.39. The number of hydrogen-bond acceptors (Lipinski definition) is 9. The lowest BCUT2D eigenvalue weighted by molar-refractivity contribution is 0.0975. The van der Waals surface area contributed by atoms with Gasteiger partial charge in [0, 0.05) is 25.8 Å². The molecular formula is C24H33FN6O2S. The molecule has 3 N–H and O–H groups in total. The normalized spacial score (nSPS) is 24.3. The Balaban J connectivity index is 1.36. The number of piperidine rings is 1. The first-order chi connectivity index (χ1) is 16.5. The molecule has 184 valence electrons. The van der Waals surface area contributed by atoms with Crippen molar-refractivity contribution in [2.45, 2.75) is 67.7 Å². The Morgan fingerprint density at radius 3 is 2.79 bits per heavy atom. The summed E-state index contributed by atoms with van der Waals surface area (Å²) in [4.78, 5) is 19.0. The quantitative estimate of drug-likeness (QED) is 0.633. The lowest BCUT2D eigenvalue weighted by Crippen LogP contribution is -2.41. The topological polar surface area (TPSA) is 101 Å². The maximum atomic E-state index is 13.5. The molecule has 1 unspecified atom stereocenters. The van der Waals surface area contributed by atoms with Crippen molar-refractivity contribution in [1.82, 2.24) is 15.0 Å². The number of pyridine rings is 1. The van der Waals surface area contributed by atoms with Gasteiger partial charge >= 0.3 is 0 Å². The summed E-state index contributed by atoms with van der Waals surface area (Å²) in [7, 11) is 0. The zero-order chi connectivity index (χ0) is 23.7. The van der Waals surface area contributed by atoms with Gasteiger partial charge in [-0.15, -0.1) is 0 Å². The number of aromatic nitrogens is 3. The first kappa shape index (κ1) is 23.6. The Morgan fingerprint density at radius 1 is 1.26 bits per heavy atom. The van der Waals surface area contributed by atoms with Crippen molar-refractivity contribution >= 4 is 29.2 Å². The van der Waals surface area contributed by atoms with Crippen LogP contribution in [-0.4, -0.2) is 65.1 Å².